The molecule has 1 atom stereocenters. The lowest BCUT2D eigenvalue weighted by Crippen LogP contribution is -2.34. The first-order valence-corrected chi connectivity index (χ1v) is 7.54. The minimum absolute atomic E-state index is 0.164. The highest BCUT2D eigenvalue weighted by atomic mass is 16.4. The summed E-state index contributed by atoms with van der Waals surface area (Å²) in [4.78, 5) is 29.5. The zero-order valence-corrected chi connectivity index (χ0v) is 12.9. The minimum atomic E-state index is -0.852. The number of hydrogen-bond donors (Lipinski definition) is 1. The number of carbonyl (C=O) groups is 2. The quantitative estimate of drug-likeness (QED) is 0.885. The summed E-state index contributed by atoms with van der Waals surface area (Å²) in [6.45, 7) is 2.40. The highest BCUT2D eigenvalue weighted by molar-refractivity contribution is 5.96. The number of fused-ring (bicyclic) bond motifs is 1. The fraction of sp³-hybridized carbons (Fsp3) is 0.278. The Morgan fingerprint density at radius 2 is 2.09 bits per heavy atom. The lowest BCUT2D eigenvalue weighted by molar-refractivity contribution is -0.147. The summed E-state index contributed by atoms with van der Waals surface area (Å²) in [5.74, 6) is -1.02. The lowest BCUT2D eigenvalue weighted by Gasteiger charge is -2.19. The molecule has 0 aliphatic carbocycles. The van der Waals surface area contributed by atoms with Crippen molar-refractivity contribution in [3.8, 4) is 0 Å². The molecule has 1 N–H and O–H groups in total. The van der Waals surface area contributed by atoms with Gasteiger partial charge in [0.05, 0.1) is 10.9 Å². The van der Waals surface area contributed by atoms with Crippen LogP contribution in [0.1, 0.15) is 18.9 Å². The summed E-state index contributed by atoms with van der Waals surface area (Å²) in [5.41, 5.74) is 0.873. The number of benzene rings is 1. The van der Waals surface area contributed by atoms with Crippen molar-refractivity contribution in [1.29, 1.82) is 0 Å². The SMILES string of the molecule is CC1(C(=O)O)CCN(C(=O)/C=C/c2cccc3cccnc23)C1. The van der Waals surface area contributed by atoms with Crippen molar-refractivity contribution < 1.29 is 14.7 Å². The fourth-order valence-corrected chi connectivity index (χ4v) is 2.85. The smallest absolute Gasteiger partial charge is 0.311 e. The van der Waals surface area contributed by atoms with Crippen LogP contribution in [0.5, 0.6) is 0 Å². The predicted molar refractivity (Wildman–Crippen MR) is 87.7 cm³/mol. The van der Waals surface area contributed by atoms with E-state index in [2.05, 4.69) is 4.98 Å². The molecule has 5 heteroatoms. The number of amides is 1. The van der Waals surface area contributed by atoms with Gasteiger partial charge < -0.3 is 10.0 Å². The molecule has 1 fully saturated rings. The average molecular weight is 310 g/mol. The first kappa shape index (κ1) is 15.2. The molecule has 1 saturated heterocycles. The average Bonchev–Trinajstić information content (AvgIpc) is 2.96. The van der Waals surface area contributed by atoms with E-state index in [9.17, 15) is 14.7 Å². The van der Waals surface area contributed by atoms with Crippen LogP contribution in [0.4, 0.5) is 0 Å². The Bertz CT molecular complexity index is 794. The van der Waals surface area contributed by atoms with Crippen LogP contribution in [0.25, 0.3) is 17.0 Å². The van der Waals surface area contributed by atoms with E-state index in [1.807, 2.05) is 30.3 Å². The second-order valence-corrected chi connectivity index (χ2v) is 6.13. The summed E-state index contributed by atoms with van der Waals surface area (Å²) >= 11 is 0. The molecule has 2 heterocycles. The number of aromatic nitrogens is 1. The maximum absolute atomic E-state index is 12.3. The Morgan fingerprint density at radius 3 is 2.83 bits per heavy atom. The molecule has 1 unspecified atom stereocenters. The summed E-state index contributed by atoms with van der Waals surface area (Å²) < 4.78 is 0. The number of nitrogens with zero attached hydrogens (tertiary/aromatic N) is 2. The third-order valence-electron chi connectivity index (χ3n) is 4.37. The van der Waals surface area contributed by atoms with Gasteiger partial charge in [-0.1, -0.05) is 24.3 Å². The van der Waals surface area contributed by atoms with Gasteiger partial charge in [-0.25, -0.2) is 0 Å². The molecule has 0 bridgehead atoms. The molecule has 1 aliphatic heterocycles. The van der Waals surface area contributed by atoms with Crippen molar-refractivity contribution in [3.63, 3.8) is 0 Å². The largest absolute Gasteiger partial charge is 0.481 e. The zero-order valence-electron chi connectivity index (χ0n) is 12.9. The van der Waals surface area contributed by atoms with Crippen LogP contribution in [0.2, 0.25) is 0 Å². The second kappa shape index (κ2) is 5.83. The zero-order chi connectivity index (χ0) is 16.4. The van der Waals surface area contributed by atoms with E-state index in [0.717, 1.165) is 16.5 Å². The monoisotopic (exact) mass is 310 g/mol. The van der Waals surface area contributed by atoms with Gasteiger partial charge in [0.15, 0.2) is 0 Å². The molecule has 2 aromatic rings. The molecule has 0 saturated carbocycles. The lowest BCUT2D eigenvalue weighted by atomic mass is 9.90. The van der Waals surface area contributed by atoms with Crippen molar-refractivity contribution in [2.75, 3.05) is 13.1 Å². The summed E-state index contributed by atoms with van der Waals surface area (Å²) in [7, 11) is 0. The van der Waals surface area contributed by atoms with Crippen LogP contribution >= 0.6 is 0 Å². The first-order valence-electron chi connectivity index (χ1n) is 7.54. The van der Waals surface area contributed by atoms with Crippen LogP contribution in [0, 0.1) is 5.41 Å². The Labute approximate surface area is 134 Å². The number of aliphatic carboxylic acids is 1. The molecule has 118 valence electrons. The van der Waals surface area contributed by atoms with Crippen LogP contribution < -0.4 is 0 Å². The molecule has 1 amide bonds. The van der Waals surface area contributed by atoms with E-state index >= 15 is 0 Å². The minimum Gasteiger partial charge on any atom is -0.481 e. The van der Waals surface area contributed by atoms with E-state index in [4.69, 9.17) is 0 Å². The number of hydrogen-bond acceptors (Lipinski definition) is 3. The number of carboxylic acids is 1. The van der Waals surface area contributed by atoms with Gasteiger partial charge in [0.1, 0.15) is 0 Å². The van der Waals surface area contributed by atoms with Crippen molar-refractivity contribution in [2.45, 2.75) is 13.3 Å². The highest BCUT2D eigenvalue weighted by Gasteiger charge is 2.41. The Kier molecular flexibility index (Phi) is 3.86. The molecule has 3 rings (SSSR count). The molecular weight excluding hydrogens is 292 g/mol. The molecular formula is C18H18N2O3. The third kappa shape index (κ3) is 2.95. The maximum atomic E-state index is 12.3. The number of likely N-dealkylation sites (tertiary alicyclic amines) is 1. The van der Waals surface area contributed by atoms with Crippen molar-refractivity contribution >= 4 is 28.9 Å². The van der Waals surface area contributed by atoms with Crippen molar-refractivity contribution in [2.24, 2.45) is 5.41 Å². The van der Waals surface area contributed by atoms with Crippen LogP contribution in [0.15, 0.2) is 42.6 Å². The van der Waals surface area contributed by atoms with Gasteiger partial charge in [0.25, 0.3) is 0 Å². The Morgan fingerprint density at radius 1 is 1.30 bits per heavy atom. The van der Waals surface area contributed by atoms with E-state index in [1.165, 1.54) is 6.08 Å². The van der Waals surface area contributed by atoms with Gasteiger partial charge in [-0.05, 0) is 25.5 Å². The molecule has 1 aromatic heterocycles. The summed E-state index contributed by atoms with van der Waals surface area (Å²) in [6, 6.07) is 9.65. The van der Waals surface area contributed by atoms with Gasteiger partial charge in [-0.15, -0.1) is 0 Å². The predicted octanol–water partition coefficient (Wildman–Crippen LogP) is 2.57. The highest BCUT2D eigenvalue weighted by Crippen LogP contribution is 2.30. The van der Waals surface area contributed by atoms with Crippen LogP contribution in [-0.2, 0) is 9.59 Å². The summed E-state index contributed by atoms with van der Waals surface area (Å²) in [5, 5.41) is 10.2. The number of rotatable bonds is 3. The fourth-order valence-electron chi connectivity index (χ4n) is 2.85. The topological polar surface area (TPSA) is 70.5 Å². The molecule has 0 spiro atoms. The van der Waals surface area contributed by atoms with E-state index in [-0.39, 0.29) is 12.5 Å². The molecule has 1 aliphatic rings. The van der Waals surface area contributed by atoms with Gasteiger partial charge in [-0.2, -0.15) is 0 Å². The van der Waals surface area contributed by atoms with Gasteiger partial charge in [0.2, 0.25) is 5.91 Å². The third-order valence-corrected chi connectivity index (χ3v) is 4.37. The molecule has 5 nitrogen and oxygen atoms in total. The molecule has 0 radical (unpaired) electrons. The van der Waals surface area contributed by atoms with Crippen molar-refractivity contribution in [1.82, 2.24) is 9.88 Å². The number of para-hydroxylation sites is 1. The molecule has 1 aromatic carbocycles. The van der Waals surface area contributed by atoms with Gasteiger partial charge in [0, 0.05) is 36.3 Å². The second-order valence-electron chi connectivity index (χ2n) is 6.13. The van der Waals surface area contributed by atoms with Gasteiger partial charge >= 0.3 is 5.97 Å². The summed E-state index contributed by atoms with van der Waals surface area (Å²) in [6.07, 6.45) is 5.45. The van der Waals surface area contributed by atoms with Crippen LogP contribution in [-0.4, -0.2) is 40.0 Å². The van der Waals surface area contributed by atoms with Gasteiger partial charge in [-0.3, -0.25) is 14.6 Å². The van der Waals surface area contributed by atoms with Crippen LogP contribution in [0.3, 0.4) is 0 Å². The van der Waals surface area contributed by atoms with E-state index in [0.29, 0.717) is 13.0 Å². The first-order chi connectivity index (χ1) is 11.0. The number of carbonyl (C=O) groups excluding carboxylic acids is 1. The van der Waals surface area contributed by atoms with E-state index < -0.39 is 11.4 Å². The molecule has 23 heavy (non-hydrogen) atoms. The maximum Gasteiger partial charge on any atom is 0.311 e. The van der Waals surface area contributed by atoms with E-state index in [1.54, 1.807) is 24.1 Å². The Balaban J connectivity index is 1.78. The number of carboxylic acid groups (broad SMARTS) is 1. The number of pyridine rings is 1. The van der Waals surface area contributed by atoms with Crippen molar-refractivity contribution in [3.05, 3.63) is 48.2 Å². The Hall–Kier alpha value is -2.69. The normalized spacial score (nSPS) is 21.2. The standard InChI is InChI=1S/C18H18N2O3/c1-18(17(22)23)9-11-20(12-18)15(21)8-7-14-5-2-4-13-6-3-10-19-16(13)14/h2-8,10H,9,11-12H2,1H3,(H,22,23)/b8-7+.